The van der Waals surface area contributed by atoms with E-state index in [-0.39, 0.29) is 50.7 Å². The third-order valence-corrected chi connectivity index (χ3v) is 1.15. The van der Waals surface area contributed by atoms with Crippen LogP contribution in [0.15, 0.2) is 17.7 Å². The molecule has 0 fully saturated rings. The zero-order chi connectivity index (χ0) is 5.11. The Hall–Kier alpha value is 0.930. The van der Waals surface area contributed by atoms with Crippen LogP contribution in [0.4, 0.5) is 0 Å². The van der Waals surface area contributed by atoms with Gasteiger partial charge in [-0.25, -0.2) is 11.6 Å². The molecule has 0 saturated heterocycles. The fourth-order valence-electron chi connectivity index (χ4n) is 0.693. The van der Waals surface area contributed by atoms with E-state index in [1.165, 1.54) is 5.57 Å². The van der Waals surface area contributed by atoms with Gasteiger partial charge in [0.05, 0.1) is 0 Å². The molecule has 1 aliphatic carbocycles. The summed E-state index contributed by atoms with van der Waals surface area (Å²) in [6.45, 7) is 2.15. The molecule has 0 radical (unpaired) electrons. The molecule has 0 heterocycles. The van der Waals surface area contributed by atoms with Crippen molar-refractivity contribution in [3.63, 3.8) is 0 Å². The third kappa shape index (κ3) is 5.70. The normalized spacial score (nSPS) is 12.3. The van der Waals surface area contributed by atoms with Crippen molar-refractivity contribution in [2.75, 3.05) is 0 Å². The van der Waals surface area contributed by atoms with E-state index in [0.717, 1.165) is 12.8 Å². The van der Waals surface area contributed by atoms with Crippen molar-refractivity contribution in [1.29, 1.82) is 0 Å². The molecule has 0 nitrogen and oxygen atoms in total. The molecule has 0 aromatic carbocycles. The summed E-state index contributed by atoms with van der Waals surface area (Å²) in [5, 5.41) is 0. The van der Waals surface area contributed by atoms with Crippen molar-refractivity contribution in [2.24, 2.45) is 0 Å². The number of rotatable bonds is 1. The zero-order valence-corrected chi connectivity index (χ0v) is 11.1. The smallest absolute Gasteiger partial charge is 0 e. The van der Waals surface area contributed by atoms with Crippen LogP contribution in [0.3, 0.4) is 0 Å². The van der Waals surface area contributed by atoms with Crippen LogP contribution >= 0.6 is 24.8 Å². The van der Waals surface area contributed by atoms with Gasteiger partial charge in [-0.05, 0) is 0 Å². The Bertz CT molecular complexity index is 119. The topological polar surface area (TPSA) is 0 Å². The molecular formula is C7H11Cl2Hf-. The second kappa shape index (κ2) is 9.93. The first-order valence-corrected chi connectivity index (χ1v) is 2.69. The Kier molecular flexibility index (Phi) is 17.0. The monoisotopic (exact) mass is 345 g/mol. The summed E-state index contributed by atoms with van der Waals surface area (Å²) in [5.74, 6) is 0. The Morgan fingerprint density at radius 3 is 2.30 bits per heavy atom. The average Bonchev–Trinajstić information content (AvgIpc) is 2.14. The SMILES string of the molecule is CCC1=[C-]CC=C1.Cl.Cl.[Hf]. The minimum Gasteiger partial charge on any atom is -0.270 e. The summed E-state index contributed by atoms with van der Waals surface area (Å²) in [6.07, 6.45) is 9.65. The van der Waals surface area contributed by atoms with E-state index >= 15 is 0 Å². The van der Waals surface area contributed by atoms with Gasteiger partial charge in [-0.1, -0.05) is 13.3 Å². The molecule has 10 heavy (non-hydrogen) atoms. The largest absolute Gasteiger partial charge is 0.270 e. The molecule has 0 bridgehead atoms. The Morgan fingerprint density at radius 1 is 1.50 bits per heavy atom. The minimum absolute atomic E-state index is 0. The van der Waals surface area contributed by atoms with Crippen LogP contribution < -0.4 is 0 Å². The van der Waals surface area contributed by atoms with Crippen LogP contribution in [0.2, 0.25) is 0 Å². The van der Waals surface area contributed by atoms with E-state index in [2.05, 4.69) is 25.2 Å². The molecule has 0 saturated carbocycles. The first-order valence-electron chi connectivity index (χ1n) is 2.69. The standard InChI is InChI=1S/C7H9.2ClH.Hf/c1-2-7-5-3-4-6-7;;;/h3,5H,2,4H2,1H3;2*1H;/q-1;;;. The first kappa shape index (κ1) is 17.1. The number of hydrogen-bond donors (Lipinski definition) is 0. The summed E-state index contributed by atoms with van der Waals surface area (Å²) in [4.78, 5) is 0. The van der Waals surface area contributed by atoms with Gasteiger partial charge in [0.1, 0.15) is 0 Å². The van der Waals surface area contributed by atoms with Gasteiger partial charge < -0.3 is 0 Å². The maximum Gasteiger partial charge on any atom is 0 e. The van der Waals surface area contributed by atoms with Crippen LogP contribution in [0, 0.1) is 6.08 Å². The Morgan fingerprint density at radius 2 is 2.10 bits per heavy atom. The number of hydrogen-bond acceptors (Lipinski definition) is 0. The maximum atomic E-state index is 3.21. The summed E-state index contributed by atoms with van der Waals surface area (Å²) in [5.41, 5.74) is 1.36. The molecule has 0 atom stereocenters. The van der Waals surface area contributed by atoms with Crippen LogP contribution in [0.5, 0.6) is 0 Å². The van der Waals surface area contributed by atoms with Crippen LogP contribution in [-0.2, 0) is 25.8 Å². The molecule has 0 N–H and O–H groups in total. The Labute approximate surface area is 93.8 Å². The second-order valence-corrected chi connectivity index (χ2v) is 1.66. The van der Waals surface area contributed by atoms with Gasteiger partial charge in [-0.15, -0.1) is 31.2 Å². The molecule has 0 aromatic heterocycles. The fraction of sp³-hybridized carbons (Fsp3) is 0.429. The molecule has 3 heteroatoms. The van der Waals surface area contributed by atoms with E-state index in [0.29, 0.717) is 0 Å². The van der Waals surface area contributed by atoms with Gasteiger partial charge in [0.15, 0.2) is 0 Å². The van der Waals surface area contributed by atoms with E-state index in [1.807, 2.05) is 0 Å². The molecule has 0 unspecified atom stereocenters. The van der Waals surface area contributed by atoms with Crippen molar-refractivity contribution in [2.45, 2.75) is 19.8 Å². The van der Waals surface area contributed by atoms with E-state index in [1.54, 1.807) is 0 Å². The molecule has 58 valence electrons. The van der Waals surface area contributed by atoms with Crippen LogP contribution in [0.25, 0.3) is 0 Å². The first-order chi connectivity index (χ1) is 3.43. The van der Waals surface area contributed by atoms with Gasteiger partial charge in [0, 0.05) is 25.8 Å². The van der Waals surface area contributed by atoms with Gasteiger partial charge in [-0.3, -0.25) is 6.08 Å². The van der Waals surface area contributed by atoms with Crippen LogP contribution in [-0.4, -0.2) is 0 Å². The van der Waals surface area contributed by atoms with Gasteiger partial charge >= 0.3 is 0 Å². The van der Waals surface area contributed by atoms with E-state index in [4.69, 9.17) is 0 Å². The predicted molar refractivity (Wildman–Crippen MR) is 45.3 cm³/mol. The van der Waals surface area contributed by atoms with E-state index < -0.39 is 0 Å². The van der Waals surface area contributed by atoms with Gasteiger partial charge in [-0.2, -0.15) is 6.08 Å². The van der Waals surface area contributed by atoms with Crippen molar-refractivity contribution < 1.29 is 25.8 Å². The molecule has 0 aliphatic heterocycles. The maximum absolute atomic E-state index is 3.21. The molecule has 0 aromatic rings. The molecular weight excluding hydrogens is 333 g/mol. The zero-order valence-electron chi connectivity index (χ0n) is 5.89. The molecule has 1 rings (SSSR count). The van der Waals surface area contributed by atoms with Gasteiger partial charge in [0.2, 0.25) is 0 Å². The quantitative estimate of drug-likeness (QED) is 0.507. The minimum atomic E-state index is 0. The fourth-order valence-corrected chi connectivity index (χ4v) is 0.693. The number of allylic oxidation sites excluding steroid dienone is 4. The van der Waals surface area contributed by atoms with Crippen LogP contribution in [0.1, 0.15) is 19.8 Å². The van der Waals surface area contributed by atoms with E-state index in [9.17, 15) is 0 Å². The van der Waals surface area contributed by atoms with Gasteiger partial charge in [0.25, 0.3) is 0 Å². The average molecular weight is 345 g/mol. The molecule has 0 spiro atoms. The second-order valence-electron chi connectivity index (χ2n) is 1.66. The third-order valence-electron chi connectivity index (χ3n) is 1.15. The molecule has 1 aliphatic rings. The predicted octanol–water partition coefficient (Wildman–Crippen LogP) is 2.93. The van der Waals surface area contributed by atoms with Crippen molar-refractivity contribution >= 4 is 24.8 Å². The molecule has 0 amide bonds. The van der Waals surface area contributed by atoms with Crippen molar-refractivity contribution in [1.82, 2.24) is 0 Å². The summed E-state index contributed by atoms with van der Waals surface area (Å²) in [6, 6.07) is 0. The summed E-state index contributed by atoms with van der Waals surface area (Å²) < 4.78 is 0. The number of halogens is 2. The summed E-state index contributed by atoms with van der Waals surface area (Å²) in [7, 11) is 0. The Balaban J connectivity index is -0.000000163. The van der Waals surface area contributed by atoms with Crippen molar-refractivity contribution in [3.05, 3.63) is 23.8 Å². The van der Waals surface area contributed by atoms with Crippen molar-refractivity contribution in [3.8, 4) is 0 Å². The summed E-state index contributed by atoms with van der Waals surface area (Å²) >= 11 is 0.